The Bertz CT molecular complexity index is 329. The van der Waals surface area contributed by atoms with E-state index in [4.69, 9.17) is 5.11 Å². The summed E-state index contributed by atoms with van der Waals surface area (Å²) < 4.78 is 8.92. The summed E-state index contributed by atoms with van der Waals surface area (Å²) in [5.74, 6) is -2.07. The molecule has 70 valence electrons. The lowest BCUT2D eigenvalue weighted by molar-refractivity contribution is 0.0514. The van der Waals surface area contributed by atoms with E-state index in [-0.39, 0.29) is 12.2 Å². The molecule has 13 heavy (non-hydrogen) atoms. The second kappa shape index (κ2) is 3.70. The lowest BCUT2D eigenvalue weighted by atomic mass is 10.2. The summed E-state index contributed by atoms with van der Waals surface area (Å²) in [4.78, 5) is 21.5. The minimum Gasteiger partial charge on any atom is -0.476 e. The number of aromatic carboxylic acids is 1. The van der Waals surface area contributed by atoms with Gasteiger partial charge in [-0.25, -0.2) is 9.59 Å². The van der Waals surface area contributed by atoms with Crippen LogP contribution in [-0.2, 0) is 4.74 Å². The van der Waals surface area contributed by atoms with Gasteiger partial charge in [0.2, 0.25) is 5.69 Å². The number of rotatable bonds is 3. The zero-order chi connectivity index (χ0) is 9.84. The number of carboxylic acids is 1. The van der Waals surface area contributed by atoms with E-state index in [0.717, 1.165) is 6.26 Å². The SMILES string of the molecule is CCOC(=O)c1conc1C(=O)O. The molecule has 1 heterocycles. The van der Waals surface area contributed by atoms with Crippen LogP contribution in [0.5, 0.6) is 0 Å². The number of nitrogens with zero attached hydrogens (tertiary/aromatic N) is 1. The van der Waals surface area contributed by atoms with Crippen molar-refractivity contribution in [2.24, 2.45) is 0 Å². The molecule has 6 nitrogen and oxygen atoms in total. The van der Waals surface area contributed by atoms with E-state index in [1.165, 1.54) is 0 Å². The Balaban J connectivity index is 2.93. The minimum absolute atomic E-state index is 0.170. The number of hydrogen-bond acceptors (Lipinski definition) is 5. The molecule has 0 radical (unpaired) electrons. The molecule has 0 bridgehead atoms. The quantitative estimate of drug-likeness (QED) is 0.691. The Morgan fingerprint density at radius 1 is 1.69 bits per heavy atom. The molecule has 1 aromatic heterocycles. The van der Waals surface area contributed by atoms with Gasteiger partial charge in [0.25, 0.3) is 0 Å². The number of carbonyl (C=O) groups excluding carboxylic acids is 1. The Morgan fingerprint density at radius 2 is 2.38 bits per heavy atom. The van der Waals surface area contributed by atoms with Gasteiger partial charge < -0.3 is 14.4 Å². The van der Waals surface area contributed by atoms with Crippen molar-refractivity contribution < 1.29 is 24.0 Å². The van der Waals surface area contributed by atoms with Crippen LogP contribution < -0.4 is 0 Å². The molecule has 0 saturated carbocycles. The van der Waals surface area contributed by atoms with E-state index in [1.54, 1.807) is 6.92 Å². The first-order chi connectivity index (χ1) is 6.16. The zero-order valence-electron chi connectivity index (χ0n) is 6.81. The Labute approximate surface area is 73.1 Å². The van der Waals surface area contributed by atoms with Crippen LogP contribution in [-0.4, -0.2) is 28.8 Å². The average molecular weight is 185 g/mol. The monoisotopic (exact) mass is 185 g/mol. The number of carboxylic acid groups (broad SMARTS) is 1. The Morgan fingerprint density at radius 3 is 2.92 bits per heavy atom. The molecular formula is C7H7NO5. The van der Waals surface area contributed by atoms with Gasteiger partial charge in [0.15, 0.2) is 0 Å². The molecule has 0 spiro atoms. The second-order valence-electron chi connectivity index (χ2n) is 2.10. The van der Waals surface area contributed by atoms with Gasteiger partial charge >= 0.3 is 11.9 Å². The standard InChI is InChI=1S/C7H7NO5/c1-2-12-7(11)4-3-13-8-5(4)6(9)10/h3H,2H2,1H3,(H,9,10). The van der Waals surface area contributed by atoms with Crippen LogP contribution in [0.4, 0.5) is 0 Å². The summed E-state index contributed by atoms with van der Waals surface area (Å²) in [5.41, 5.74) is -0.604. The second-order valence-corrected chi connectivity index (χ2v) is 2.10. The van der Waals surface area contributed by atoms with E-state index in [9.17, 15) is 9.59 Å². The molecular weight excluding hydrogens is 178 g/mol. The van der Waals surface area contributed by atoms with Crippen molar-refractivity contribution in [1.29, 1.82) is 0 Å². The molecule has 0 aliphatic rings. The molecule has 0 atom stereocenters. The topological polar surface area (TPSA) is 89.6 Å². The highest BCUT2D eigenvalue weighted by Crippen LogP contribution is 2.08. The molecule has 1 rings (SSSR count). The highest BCUT2D eigenvalue weighted by molar-refractivity contribution is 6.00. The number of carbonyl (C=O) groups is 2. The average Bonchev–Trinajstić information content (AvgIpc) is 2.52. The van der Waals surface area contributed by atoms with Gasteiger partial charge in [-0.1, -0.05) is 5.16 Å². The van der Waals surface area contributed by atoms with Crippen LogP contribution in [0.15, 0.2) is 10.8 Å². The van der Waals surface area contributed by atoms with Gasteiger partial charge in [-0.05, 0) is 6.92 Å². The van der Waals surface area contributed by atoms with E-state index in [2.05, 4.69) is 14.4 Å². The molecule has 0 aliphatic carbocycles. The summed E-state index contributed by atoms with van der Waals surface area (Å²) in [6.07, 6.45) is 0.946. The molecule has 0 saturated heterocycles. The maximum absolute atomic E-state index is 11.0. The molecule has 0 amide bonds. The highest BCUT2D eigenvalue weighted by Gasteiger charge is 2.21. The molecule has 1 N–H and O–H groups in total. The van der Waals surface area contributed by atoms with Crippen molar-refractivity contribution in [2.75, 3.05) is 6.61 Å². The molecule has 0 aliphatic heterocycles. The van der Waals surface area contributed by atoms with Crippen molar-refractivity contribution in [1.82, 2.24) is 5.16 Å². The third-order valence-corrected chi connectivity index (χ3v) is 1.27. The highest BCUT2D eigenvalue weighted by atomic mass is 16.5. The number of aromatic nitrogens is 1. The first-order valence-corrected chi connectivity index (χ1v) is 3.51. The summed E-state index contributed by atoms with van der Waals surface area (Å²) in [5, 5.41) is 11.7. The minimum atomic E-state index is -1.32. The number of ether oxygens (including phenoxy) is 1. The van der Waals surface area contributed by atoms with E-state index in [1.807, 2.05) is 0 Å². The molecule has 0 aromatic carbocycles. The summed E-state index contributed by atoms with van der Waals surface area (Å²) >= 11 is 0. The van der Waals surface area contributed by atoms with E-state index >= 15 is 0 Å². The van der Waals surface area contributed by atoms with Gasteiger partial charge in [0.05, 0.1) is 6.61 Å². The van der Waals surface area contributed by atoms with Crippen LogP contribution in [0.3, 0.4) is 0 Å². The number of esters is 1. The Kier molecular flexibility index (Phi) is 2.63. The van der Waals surface area contributed by atoms with Crippen LogP contribution in [0.25, 0.3) is 0 Å². The van der Waals surface area contributed by atoms with Crippen molar-refractivity contribution >= 4 is 11.9 Å². The first kappa shape index (κ1) is 9.24. The molecule has 0 unspecified atom stereocenters. The van der Waals surface area contributed by atoms with Gasteiger partial charge in [0.1, 0.15) is 11.8 Å². The van der Waals surface area contributed by atoms with Crippen molar-refractivity contribution in [3.63, 3.8) is 0 Å². The zero-order valence-corrected chi connectivity index (χ0v) is 6.81. The van der Waals surface area contributed by atoms with Gasteiger partial charge in [-0.3, -0.25) is 0 Å². The third kappa shape index (κ3) is 1.84. The van der Waals surface area contributed by atoms with Crippen LogP contribution >= 0.6 is 0 Å². The molecule has 1 aromatic rings. The van der Waals surface area contributed by atoms with Gasteiger partial charge in [-0.2, -0.15) is 0 Å². The van der Waals surface area contributed by atoms with Crippen LogP contribution in [0, 0.1) is 0 Å². The molecule has 0 fully saturated rings. The van der Waals surface area contributed by atoms with Crippen molar-refractivity contribution in [2.45, 2.75) is 6.92 Å². The number of hydrogen-bond donors (Lipinski definition) is 1. The van der Waals surface area contributed by atoms with Crippen LogP contribution in [0.1, 0.15) is 27.8 Å². The maximum Gasteiger partial charge on any atom is 0.359 e. The maximum atomic E-state index is 11.0. The van der Waals surface area contributed by atoms with E-state index in [0.29, 0.717) is 0 Å². The normalized spacial score (nSPS) is 9.62. The van der Waals surface area contributed by atoms with Gasteiger partial charge in [-0.15, -0.1) is 0 Å². The summed E-state index contributed by atoms with van der Waals surface area (Å²) in [7, 11) is 0. The Hall–Kier alpha value is -1.85. The first-order valence-electron chi connectivity index (χ1n) is 3.51. The van der Waals surface area contributed by atoms with Crippen molar-refractivity contribution in [3.05, 3.63) is 17.5 Å². The van der Waals surface area contributed by atoms with Crippen molar-refractivity contribution in [3.8, 4) is 0 Å². The fraction of sp³-hybridized carbons (Fsp3) is 0.286. The summed E-state index contributed by atoms with van der Waals surface area (Å²) in [6.45, 7) is 1.79. The lowest BCUT2D eigenvalue weighted by Gasteiger charge is -1.97. The van der Waals surface area contributed by atoms with Crippen LogP contribution in [0.2, 0.25) is 0 Å². The fourth-order valence-corrected chi connectivity index (χ4v) is 0.745. The van der Waals surface area contributed by atoms with Gasteiger partial charge in [0, 0.05) is 0 Å². The smallest absolute Gasteiger partial charge is 0.359 e. The lowest BCUT2D eigenvalue weighted by Crippen LogP contribution is -2.09. The third-order valence-electron chi connectivity index (χ3n) is 1.27. The predicted octanol–water partition coefficient (Wildman–Crippen LogP) is 0.550. The fourth-order valence-electron chi connectivity index (χ4n) is 0.745. The summed E-state index contributed by atoms with van der Waals surface area (Å²) in [6, 6.07) is 0. The largest absolute Gasteiger partial charge is 0.476 e. The predicted molar refractivity (Wildman–Crippen MR) is 39.4 cm³/mol. The van der Waals surface area contributed by atoms with E-state index < -0.39 is 17.6 Å². The molecule has 6 heteroatoms.